The van der Waals surface area contributed by atoms with Gasteiger partial charge in [-0.1, -0.05) is 18.2 Å². The molecule has 5 nitrogen and oxygen atoms in total. The maximum absolute atomic E-state index is 12.5. The zero-order valence-corrected chi connectivity index (χ0v) is 15.4. The predicted octanol–water partition coefficient (Wildman–Crippen LogP) is 3.26. The molecular weight excluding hydrogens is 324 g/mol. The van der Waals surface area contributed by atoms with E-state index >= 15 is 0 Å². The average molecular weight is 346 g/mol. The maximum atomic E-state index is 12.5. The molecule has 0 aliphatic rings. The SMILES string of the molecule is Cc1cc(C(=O)Nc2c(C)cccc2C)ccc1N(C)S(C)(=O)=O. The van der Waals surface area contributed by atoms with Crippen LogP contribution in [-0.4, -0.2) is 27.6 Å². The maximum Gasteiger partial charge on any atom is 0.255 e. The molecule has 0 radical (unpaired) electrons. The van der Waals surface area contributed by atoms with Crippen LogP contribution in [0.15, 0.2) is 36.4 Å². The molecule has 1 amide bonds. The van der Waals surface area contributed by atoms with E-state index in [9.17, 15) is 13.2 Å². The van der Waals surface area contributed by atoms with Crippen molar-refractivity contribution in [2.45, 2.75) is 20.8 Å². The highest BCUT2D eigenvalue weighted by molar-refractivity contribution is 7.92. The Morgan fingerprint density at radius 2 is 1.58 bits per heavy atom. The molecule has 0 aromatic heterocycles. The second kappa shape index (κ2) is 6.65. The number of benzene rings is 2. The molecule has 0 aliphatic carbocycles. The Hall–Kier alpha value is -2.34. The molecule has 0 fully saturated rings. The standard InChI is InChI=1S/C18H22N2O3S/c1-12-7-6-8-13(2)17(12)19-18(21)15-9-10-16(14(3)11-15)20(4)24(5,22)23/h6-11H,1-5H3,(H,19,21). The third-order valence-corrected chi connectivity index (χ3v) is 5.21. The van der Waals surface area contributed by atoms with Gasteiger partial charge < -0.3 is 5.32 Å². The van der Waals surface area contributed by atoms with Crippen molar-refractivity contribution >= 4 is 27.3 Å². The smallest absolute Gasteiger partial charge is 0.255 e. The van der Waals surface area contributed by atoms with Crippen LogP contribution in [0.1, 0.15) is 27.0 Å². The van der Waals surface area contributed by atoms with Crippen LogP contribution in [0.5, 0.6) is 0 Å². The normalized spacial score (nSPS) is 11.2. The number of aryl methyl sites for hydroxylation is 3. The van der Waals surface area contributed by atoms with Gasteiger partial charge in [-0.25, -0.2) is 8.42 Å². The van der Waals surface area contributed by atoms with Gasteiger partial charge in [0.1, 0.15) is 0 Å². The Morgan fingerprint density at radius 1 is 1.00 bits per heavy atom. The lowest BCUT2D eigenvalue weighted by molar-refractivity contribution is 0.102. The fourth-order valence-corrected chi connectivity index (χ4v) is 3.09. The summed E-state index contributed by atoms with van der Waals surface area (Å²) >= 11 is 0. The summed E-state index contributed by atoms with van der Waals surface area (Å²) in [4.78, 5) is 12.5. The highest BCUT2D eigenvalue weighted by Crippen LogP contribution is 2.24. The summed E-state index contributed by atoms with van der Waals surface area (Å²) in [6.07, 6.45) is 1.15. The molecule has 0 atom stereocenters. The summed E-state index contributed by atoms with van der Waals surface area (Å²) in [5.74, 6) is -0.218. The number of anilines is 2. The Balaban J connectivity index is 2.30. The first-order valence-corrected chi connectivity index (χ1v) is 9.38. The minimum Gasteiger partial charge on any atom is -0.322 e. The summed E-state index contributed by atoms with van der Waals surface area (Å²) in [5, 5.41) is 2.93. The highest BCUT2D eigenvalue weighted by Gasteiger charge is 2.16. The Kier molecular flexibility index (Phi) is 4.99. The topological polar surface area (TPSA) is 66.5 Å². The van der Waals surface area contributed by atoms with Gasteiger partial charge in [-0.3, -0.25) is 9.10 Å². The molecule has 1 N–H and O–H groups in total. The molecule has 0 aliphatic heterocycles. The van der Waals surface area contributed by atoms with E-state index in [-0.39, 0.29) is 5.91 Å². The van der Waals surface area contributed by atoms with Crippen molar-refractivity contribution in [2.24, 2.45) is 0 Å². The summed E-state index contributed by atoms with van der Waals surface area (Å²) in [7, 11) is -1.84. The molecule has 0 heterocycles. The summed E-state index contributed by atoms with van der Waals surface area (Å²) in [6.45, 7) is 5.67. The summed E-state index contributed by atoms with van der Waals surface area (Å²) < 4.78 is 24.5. The van der Waals surface area contributed by atoms with E-state index in [1.165, 1.54) is 11.4 Å². The number of hydrogen-bond acceptors (Lipinski definition) is 3. The fourth-order valence-electron chi connectivity index (χ4n) is 2.53. The number of hydrogen-bond donors (Lipinski definition) is 1. The number of carbonyl (C=O) groups is 1. The summed E-state index contributed by atoms with van der Waals surface area (Å²) in [5.41, 5.74) is 4.55. The molecule has 0 saturated heterocycles. The van der Waals surface area contributed by atoms with Crippen LogP contribution < -0.4 is 9.62 Å². The highest BCUT2D eigenvalue weighted by atomic mass is 32.2. The van der Waals surface area contributed by atoms with Gasteiger partial charge in [0.25, 0.3) is 5.91 Å². The molecule has 2 aromatic carbocycles. The van der Waals surface area contributed by atoms with Gasteiger partial charge in [-0.05, 0) is 55.7 Å². The molecule has 2 rings (SSSR count). The minimum atomic E-state index is -3.34. The van der Waals surface area contributed by atoms with E-state index in [0.29, 0.717) is 11.3 Å². The molecule has 0 unspecified atom stereocenters. The molecule has 24 heavy (non-hydrogen) atoms. The van der Waals surface area contributed by atoms with Crippen LogP contribution >= 0.6 is 0 Å². The van der Waals surface area contributed by atoms with E-state index < -0.39 is 10.0 Å². The number of nitrogens with zero attached hydrogens (tertiary/aromatic N) is 1. The molecule has 2 aromatic rings. The first-order chi connectivity index (χ1) is 11.1. The van der Waals surface area contributed by atoms with Crippen LogP contribution in [0.4, 0.5) is 11.4 Å². The lowest BCUT2D eigenvalue weighted by Crippen LogP contribution is -2.25. The number of amides is 1. The molecule has 6 heteroatoms. The number of sulfonamides is 1. The Morgan fingerprint density at radius 3 is 2.08 bits per heavy atom. The van der Waals surface area contributed by atoms with Crippen molar-refractivity contribution in [3.05, 3.63) is 58.7 Å². The van der Waals surface area contributed by atoms with Gasteiger partial charge in [0.15, 0.2) is 0 Å². The van der Waals surface area contributed by atoms with Crippen molar-refractivity contribution in [3.8, 4) is 0 Å². The van der Waals surface area contributed by atoms with Gasteiger partial charge in [0.2, 0.25) is 10.0 Å². The van der Waals surface area contributed by atoms with Gasteiger partial charge in [0, 0.05) is 18.3 Å². The van der Waals surface area contributed by atoms with Crippen LogP contribution in [-0.2, 0) is 10.0 Å². The van der Waals surface area contributed by atoms with Gasteiger partial charge >= 0.3 is 0 Å². The van der Waals surface area contributed by atoms with Gasteiger partial charge in [0.05, 0.1) is 11.9 Å². The number of nitrogens with one attached hydrogen (secondary N) is 1. The van der Waals surface area contributed by atoms with E-state index in [4.69, 9.17) is 0 Å². The van der Waals surface area contributed by atoms with Gasteiger partial charge in [-0.15, -0.1) is 0 Å². The zero-order valence-electron chi connectivity index (χ0n) is 14.5. The molecule has 0 saturated carbocycles. The van der Waals surface area contributed by atoms with Crippen molar-refractivity contribution in [1.82, 2.24) is 0 Å². The second-order valence-electron chi connectivity index (χ2n) is 5.95. The zero-order chi connectivity index (χ0) is 18.1. The Bertz CT molecular complexity index is 869. The lowest BCUT2D eigenvalue weighted by Gasteiger charge is -2.19. The fraction of sp³-hybridized carbons (Fsp3) is 0.278. The number of carbonyl (C=O) groups excluding carboxylic acids is 1. The van der Waals surface area contributed by atoms with E-state index in [0.717, 1.165) is 28.6 Å². The van der Waals surface area contributed by atoms with Crippen molar-refractivity contribution in [1.29, 1.82) is 0 Å². The largest absolute Gasteiger partial charge is 0.322 e. The first kappa shape index (κ1) is 18.0. The lowest BCUT2D eigenvalue weighted by atomic mass is 10.1. The molecule has 128 valence electrons. The van der Waals surface area contributed by atoms with Crippen LogP contribution in [0.2, 0.25) is 0 Å². The third kappa shape index (κ3) is 3.76. The third-order valence-electron chi connectivity index (χ3n) is 4.02. The van der Waals surface area contributed by atoms with E-state index in [1.807, 2.05) is 32.0 Å². The number of rotatable bonds is 4. The summed E-state index contributed by atoms with van der Waals surface area (Å²) in [6, 6.07) is 10.8. The number of para-hydroxylation sites is 1. The van der Waals surface area contributed by atoms with Crippen molar-refractivity contribution in [3.63, 3.8) is 0 Å². The Labute approximate surface area is 143 Å². The quantitative estimate of drug-likeness (QED) is 0.924. The molecule has 0 bridgehead atoms. The van der Waals surface area contributed by atoms with Crippen molar-refractivity contribution < 1.29 is 13.2 Å². The van der Waals surface area contributed by atoms with Crippen molar-refractivity contribution in [2.75, 3.05) is 22.9 Å². The molecular formula is C18H22N2O3S. The van der Waals surface area contributed by atoms with Crippen LogP contribution in [0, 0.1) is 20.8 Å². The molecule has 0 spiro atoms. The van der Waals surface area contributed by atoms with Gasteiger partial charge in [-0.2, -0.15) is 0 Å². The van der Waals surface area contributed by atoms with E-state index in [1.54, 1.807) is 25.1 Å². The monoisotopic (exact) mass is 346 g/mol. The van der Waals surface area contributed by atoms with E-state index in [2.05, 4.69) is 5.32 Å². The van der Waals surface area contributed by atoms with Crippen LogP contribution in [0.3, 0.4) is 0 Å². The minimum absolute atomic E-state index is 0.218. The first-order valence-electron chi connectivity index (χ1n) is 7.53. The predicted molar refractivity (Wildman–Crippen MR) is 98.3 cm³/mol. The van der Waals surface area contributed by atoms with Crippen LogP contribution in [0.25, 0.3) is 0 Å². The average Bonchev–Trinajstić information content (AvgIpc) is 2.49. The second-order valence-corrected chi connectivity index (χ2v) is 7.97.